The highest BCUT2D eigenvalue weighted by Gasteiger charge is 2.16. The van der Waals surface area contributed by atoms with E-state index in [9.17, 15) is 0 Å². The Morgan fingerprint density at radius 2 is 1.95 bits per heavy atom. The van der Waals surface area contributed by atoms with Crippen LogP contribution in [0.4, 0.5) is 0 Å². The topological polar surface area (TPSA) is 47.0 Å². The first-order valence-corrected chi connectivity index (χ1v) is 7.71. The number of benzene rings is 1. The van der Waals surface area contributed by atoms with Crippen LogP contribution in [0.3, 0.4) is 0 Å². The lowest BCUT2D eigenvalue weighted by Gasteiger charge is -2.21. The van der Waals surface area contributed by atoms with Crippen LogP contribution in [0.15, 0.2) is 30.5 Å². The van der Waals surface area contributed by atoms with Gasteiger partial charge in [0.25, 0.3) is 0 Å². The minimum absolute atomic E-state index is 0.0946. The van der Waals surface area contributed by atoms with Crippen LogP contribution in [-0.4, -0.2) is 23.6 Å². The van der Waals surface area contributed by atoms with Gasteiger partial charge in [0.1, 0.15) is 5.82 Å². The van der Waals surface area contributed by atoms with Gasteiger partial charge in [0.2, 0.25) is 0 Å². The van der Waals surface area contributed by atoms with E-state index in [1.807, 2.05) is 44.3 Å². The summed E-state index contributed by atoms with van der Waals surface area (Å²) in [5, 5.41) is 4.19. The zero-order valence-electron chi connectivity index (χ0n) is 13.4. The van der Waals surface area contributed by atoms with Gasteiger partial charge in [-0.2, -0.15) is 0 Å². The third-order valence-corrected chi connectivity index (χ3v) is 4.09. The first-order chi connectivity index (χ1) is 10.5. The van der Waals surface area contributed by atoms with Crippen molar-refractivity contribution >= 4 is 11.6 Å². The summed E-state index contributed by atoms with van der Waals surface area (Å²) in [6.07, 6.45) is 1.79. The highest BCUT2D eigenvalue weighted by atomic mass is 35.5. The molecule has 0 fully saturated rings. The monoisotopic (exact) mass is 319 g/mol. The molecule has 0 spiro atoms. The van der Waals surface area contributed by atoms with Crippen molar-refractivity contribution in [2.75, 3.05) is 13.7 Å². The van der Waals surface area contributed by atoms with E-state index in [1.165, 1.54) is 0 Å². The van der Waals surface area contributed by atoms with Crippen LogP contribution < -0.4 is 5.32 Å². The van der Waals surface area contributed by atoms with Gasteiger partial charge in [-0.1, -0.05) is 29.8 Å². The third kappa shape index (κ3) is 4.03. The molecule has 5 heteroatoms. The Morgan fingerprint density at radius 1 is 1.23 bits per heavy atom. The lowest BCUT2D eigenvalue weighted by atomic mass is 10.1. The molecule has 0 aliphatic rings. The van der Waals surface area contributed by atoms with Crippen LogP contribution in [-0.2, 0) is 4.74 Å². The molecule has 2 aromatic rings. The molecule has 22 heavy (non-hydrogen) atoms. The van der Waals surface area contributed by atoms with Crippen LogP contribution in [0.25, 0.3) is 0 Å². The van der Waals surface area contributed by atoms with Crippen molar-refractivity contribution < 1.29 is 4.74 Å². The first-order valence-electron chi connectivity index (χ1n) is 7.33. The molecule has 2 rings (SSSR count). The molecule has 0 saturated heterocycles. The number of nitrogens with zero attached hydrogens (tertiary/aromatic N) is 2. The van der Waals surface area contributed by atoms with E-state index in [2.05, 4.69) is 22.2 Å². The van der Waals surface area contributed by atoms with Gasteiger partial charge in [-0.25, -0.2) is 9.97 Å². The van der Waals surface area contributed by atoms with Gasteiger partial charge in [-0.3, -0.25) is 0 Å². The maximum Gasteiger partial charge on any atom is 0.125 e. The number of aryl methyl sites for hydroxylation is 2. The van der Waals surface area contributed by atoms with E-state index in [-0.39, 0.29) is 12.1 Å². The molecular formula is C17H22ClN3O. The fraction of sp³-hybridized carbons (Fsp3) is 0.412. The minimum Gasteiger partial charge on any atom is -0.375 e. The number of hydrogen-bond acceptors (Lipinski definition) is 4. The molecule has 0 saturated carbocycles. The second kappa shape index (κ2) is 7.68. The molecule has 0 amide bonds. The summed E-state index contributed by atoms with van der Waals surface area (Å²) in [6.45, 7) is 6.66. The standard InChI is InChI=1S/C17H22ClN3O/c1-11(15-9-20-13(3)21-12(15)2)19-10-17(22-4)14-7-5-6-8-16(14)18/h5-9,11,17,19H,10H2,1-4H3. The van der Waals surface area contributed by atoms with Crippen LogP contribution in [0.5, 0.6) is 0 Å². The zero-order chi connectivity index (χ0) is 16.1. The largest absolute Gasteiger partial charge is 0.375 e. The number of methoxy groups -OCH3 is 1. The summed E-state index contributed by atoms with van der Waals surface area (Å²) in [6, 6.07) is 7.89. The average molecular weight is 320 g/mol. The smallest absolute Gasteiger partial charge is 0.125 e. The van der Waals surface area contributed by atoms with Crippen molar-refractivity contribution in [1.29, 1.82) is 0 Å². The number of hydrogen-bond donors (Lipinski definition) is 1. The fourth-order valence-electron chi connectivity index (χ4n) is 2.47. The van der Waals surface area contributed by atoms with E-state index < -0.39 is 0 Å². The Hall–Kier alpha value is -1.49. The fourth-order valence-corrected chi connectivity index (χ4v) is 2.73. The Morgan fingerprint density at radius 3 is 2.59 bits per heavy atom. The normalized spacial score (nSPS) is 13.9. The number of nitrogens with one attached hydrogen (secondary N) is 1. The summed E-state index contributed by atoms with van der Waals surface area (Å²) in [5.74, 6) is 0.791. The molecule has 1 aromatic heterocycles. The van der Waals surface area contributed by atoms with E-state index in [0.717, 1.165) is 27.7 Å². The maximum absolute atomic E-state index is 6.24. The van der Waals surface area contributed by atoms with Gasteiger partial charge in [0, 0.05) is 47.7 Å². The quantitative estimate of drug-likeness (QED) is 0.880. The van der Waals surface area contributed by atoms with Gasteiger partial charge in [-0.05, 0) is 26.8 Å². The van der Waals surface area contributed by atoms with Gasteiger partial charge >= 0.3 is 0 Å². The Bertz CT molecular complexity index is 633. The average Bonchev–Trinajstić information content (AvgIpc) is 2.49. The lowest BCUT2D eigenvalue weighted by Crippen LogP contribution is -2.26. The van der Waals surface area contributed by atoms with Gasteiger partial charge in [-0.15, -0.1) is 0 Å². The van der Waals surface area contributed by atoms with Crippen LogP contribution in [0.1, 0.15) is 41.7 Å². The van der Waals surface area contributed by atoms with Crippen LogP contribution >= 0.6 is 11.6 Å². The molecule has 0 aliphatic carbocycles. The van der Waals surface area contributed by atoms with Crippen molar-refractivity contribution in [3.05, 3.63) is 58.1 Å². The Labute approximate surface area is 136 Å². The van der Waals surface area contributed by atoms with Crippen LogP contribution in [0.2, 0.25) is 5.02 Å². The van der Waals surface area contributed by atoms with Gasteiger partial charge in [0.15, 0.2) is 0 Å². The summed E-state index contributed by atoms with van der Waals surface area (Å²) >= 11 is 6.24. The predicted molar refractivity (Wildman–Crippen MR) is 89.1 cm³/mol. The first kappa shape index (κ1) is 16.9. The number of ether oxygens (including phenoxy) is 1. The third-order valence-electron chi connectivity index (χ3n) is 3.75. The van der Waals surface area contributed by atoms with E-state index in [1.54, 1.807) is 7.11 Å². The predicted octanol–water partition coefficient (Wildman–Crippen LogP) is 3.79. The molecule has 118 valence electrons. The summed E-state index contributed by atoms with van der Waals surface area (Å²) in [5.41, 5.74) is 3.09. The molecule has 1 heterocycles. The van der Waals surface area contributed by atoms with Gasteiger partial charge in [0.05, 0.1) is 6.10 Å². The molecule has 0 aliphatic heterocycles. The lowest BCUT2D eigenvalue weighted by molar-refractivity contribution is 0.0999. The Balaban J connectivity index is 2.05. The highest BCUT2D eigenvalue weighted by molar-refractivity contribution is 6.31. The van der Waals surface area contributed by atoms with Crippen molar-refractivity contribution in [3.8, 4) is 0 Å². The second-order valence-electron chi connectivity index (χ2n) is 5.33. The molecular weight excluding hydrogens is 298 g/mol. The molecule has 2 unspecified atom stereocenters. The Kier molecular flexibility index (Phi) is 5.89. The van der Waals surface area contributed by atoms with Crippen molar-refractivity contribution in [2.24, 2.45) is 0 Å². The molecule has 1 aromatic carbocycles. The SMILES string of the molecule is COC(CNC(C)c1cnc(C)nc1C)c1ccccc1Cl. The van der Waals surface area contributed by atoms with E-state index in [4.69, 9.17) is 16.3 Å². The van der Waals surface area contributed by atoms with Crippen LogP contribution in [0, 0.1) is 13.8 Å². The van der Waals surface area contributed by atoms with E-state index in [0.29, 0.717) is 6.54 Å². The number of rotatable bonds is 6. The molecule has 0 bridgehead atoms. The van der Waals surface area contributed by atoms with Crippen molar-refractivity contribution in [3.63, 3.8) is 0 Å². The summed E-state index contributed by atoms with van der Waals surface area (Å²) in [4.78, 5) is 8.69. The van der Waals surface area contributed by atoms with Gasteiger partial charge < -0.3 is 10.1 Å². The number of halogens is 1. The maximum atomic E-state index is 6.24. The number of aromatic nitrogens is 2. The molecule has 1 N–H and O–H groups in total. The molecule has 0 radical (unpaired) electrons. The summed E-state index contributed by atoms with van der Waals surface area (Å²) in [7, 11) is 1.70. The minimum atomic E-state index is -0.0946. The van der Waals surface area contributed by atoms with E-state index >= 15 is 0 Å². The van der Waals surface area contributed by atoms with Crippen molar-refractivity contribution in [1.82, 2.24) is 15.3 Å². The zero-order valence-corrected chi connectivity index (χ0v) is 14.2. The highest BCUT2D eigenvalue weighted by Crippen LogP contribution is 2.25. The summed E-state index contributed by atoms with van der Waals surface area (Å²) < 4.78 is 5.57. The molecule has 4 nitrogen and oxygen atoms in total. The van der Waals surface area contributed by atoms with Crippen molar-refractivity contribution in [2.45, 2.75) is 32.9 Å². The molecule has 2 atom stereocenters. The second-order valence-corrected chi connectivity index (χ2v) is 5.74.